The molecule has 1 aliphatic rings. The molecule has 0 fully saturated rings. The van der Waals surface area contributed by atoms with E-state index in [1.165, 1.54) is 7.11 Å². The summed E-state index contributed by atoms with van der Waals surface area (Å²) in [6.45, 7) is 1.99. The number of hydrogen-bond acceptors (Lipinski definition) is 4. The minimum Gasteiger partial charge on any atom is -0.469 e. The molecule has 21 heavy (non-hydrogen) atoms. The van der Waals surface area contributed by atoms with Crippen LogP contribution in [-0.4, -0.2) is 26.0 Å². The van der Waals surface area contributed by atoms with Crippen molar-refractivity contribution in [2.24, 2.45) is 11.7 Å². The quantitative estimate of drug-likeness (QED) is 0.839. The molecule has 0 saturated carbocycles. The lowest BCUT2D eigenvalue weighted by Crippen LogP contribution is -2.20. The third kappa shape index (κ3) is 3.42. The molecule has 1 heterocycles. The van der Waals surface area contributed by atoms with Crippen LogP contribution in [0.15, 0.2) is 18.2 Å². The number of benzene rings is 1. The van der Waals surface area contributed by atoms with E-state index in [2.05, 4.69) is 4.74 Å². The lowest BCUT2D eigenvalue weighted by Gasteiger charge is -2.18. The SMILES string of the molecule is COC(=O)CC(C)CC(N)c1ccc2c(c1)CC(=O)N2C. The second-order valence-corrected chi connectivity index (χ2v) is 5.75. The second kappa shape index (κ2) is 6.26. The van der Waals surface area contributed by atoms with E-state index < -0.39 is 0 Å². The number of fused-ring (bicyclic) bond motifs is 1. The third-order valence-corrected chi connectivity index (χ3v) is 4.01. The Morgan fingerprint density at radius 3 is 2.86 bits per heavy atom. The fraction of sp³-hybridized carbons (Fsp3) is 0.500. The van der Waals surface area contributed by atoms with Gasteiger partial charge in [0.05, 0.1) is 13.5 Å². The molecule has 1 aromatic carbocycles. The zero-order valence-electron chi connectivity index (χ0n) is 12.8. The smallest absolute Gasteiger partial charge is 0.305 e. The highest BCUT2D eigenvalue weighted by atomic mass is 16.5. The van der Waals surface area contributed by atoms with Gasteiger partial charge in [-0.3, -0.25) is 9.59 Å². The molecule has 114 valence electrons. The van der Waals surface area contributed by atoms with Gasteiger partial charge in [-0.1, -0.05) is 19.1 Å². The first kappa shape index (κ1) is 15.5. The summed E-state index contributed by atoms with van der Waals surface area (Å²) < 4.78 is 4.67. The van der Waals surface area contributed by atoms with Crippen LogP contribution >= 0.6 is 0 Å². The van der Waals surface area contributed by atoms with Gasteiger partial charge >= 0.3 is 5.97 Å². The predicted molar refractivity (Wildman–Crippen MR) is 80.9 cm³/mol. The number of carbonyl (C=O) groups is 2. The molecule has 2 rings (SSSR count). The van der Waals surface area contributed by atoms with Gasteiger partial charge in [0.2, 0.25) is 5.91 Å². The number of amides is 1. The Bertz CT molecular complexity index is 556. The fourth-order valence-electron chi connectivity index (χ4n) is 2.74. The molecule has 1 aromatic rings. The Morgan fingerprint density at radius 1 is 1.48 bits per heavy atom. The molecule has 5 nitrogen and oxygen atoms in total. The molecule has 0 aromatic heterocycles. The van der Waals surface area contributed by atoms with Gasteiger partial charge in [0.25, 0.3) is 0 Å². The maximum atomic E-state index is 11.7. The number of nitrogens with two attached hydrogens (primary N) is 1. The van der Waals surface area contributed by atoms with Crippen LogP contribution in [0, 0.1) is 5.92 Å². The molecule has 2 N–H and O–H groups in total. The van der Waals surface area contributed by atoms with Gasteiger partial charge in [0, 0.05) is 25.2 Å². The van der Waals surface area contributed by atoms with E-state index >= 15 is 0 Å². The topological polar surface area (TPSA) is 72.6 Å². The fourth-order valence-corrected chi connectivity index (χ4v) is 2.74. The first-order chi connectivity index (χ1) is 9.92. The van der Waals surface area contributed by atoms with Crippen LogP contribution in [0.2, 0.25) is 0 Å². The van der Waals surface area contributed by atoms with Crippen LogP contribution in [-0.2, 0) is 20.7 Å². The van der Waals surface area contributed by atoms with Crippen molar-refractivity contribution in [1.82, 2.24) is 0 Å². The molecule has 1 amide bonds. The lowest BCUT2D eigenvalue weighted by molar-refractivity contribution is -0.141. The van der Waals surface area contributed by atoms with Crippen molar-refractivity contribution < 1.29 is 14.3 Å². The van der Waals surface area contributed by atoms with Gasteiger partial charge in [-0.25, -0.2) is 0 Å². The van der Waals surface area contributed by atoms with Gasteiger partial charge in [-0.2, -0.15) is 0 Å². The molecule has 1 aliphatic heterocycles. The third-order valence-electron chi connectivity index (χ3n) is 4.01. The minimum atomic E-state index is -0.212. The van der Waals surface area contributed by atoms with E-state index in [1.54, 1.807) is 11.9 Å². The summed E-state index contributed by atoms with van der Waals surface area (Å²) in [5.41, 5.74) is 9.21. The Morgan fingerprint density at radius 2 is 2.19 bits per heavy atom. The first-order valence-electron chi connectivity index (χ1n) is 7.14. The summed E-state index contributed by atoms with van der Waals surface area (Å²) in [6.07, 6.45) is 1.51. The largest absolute Gasteiger partial charge is 0.469 e. The zero-order valence-corrected chi connectivity index (χ0v) is 12.8. The summed E-state index contributed by atoms with van der Waals surface area (Å²) in [4.78, 5) is 24.6. The average molecular weight is 290 g/mol. The maximum Gasteiger partial charge on any atom is 0.305 e. The van der Waals surface area contributed by atoms with Gasteiger partial charge in [0.1, 0.15) is 0 Å². The van der Waals surface area contributed by atoms with E-state index in [-0.39, 0.29) is 23.8 Å². The molecule has 2 unspecified atom stereocenters. The number of ether oxygens (including phenoxy) is 1. The standard InChI is InChI=1S/C16H22N2O3/c1-10(7-16(20)21-3)6-13(17)11-4-5-14-12(8-11)9-15(19)18(14)2/h4-5,8,10,13H,6-7,9,17H2,1-3H3. The lowest BCUT2D eigenvalue weighted by atomic mass is 9.93. The Labute approximate surface area is 125 Å². The van der Waals surface area contributed by atoms with Gasteiger partial charge in [0.15, 0.2) is 0 Å². The van der Waals surface area contributed by atoms with E-state index in [0.717, 1.165) is 16.8 Å². The monoisotopic (exact) mass is 290 g/mol. The van der Waals surface area contributed by atoms with Gasteiger partial charge < -0.3 is 15.4 Å². The van der Waals surface area contributed by atoms with E-state index in [1.807, 2.05) is 25.1 Å². The highest BCUT2D eigenvalue weighted by Gasteiger charge is 2.25. The maximum absolute atomic E-state index is 11.7. The number of methoxy groups -OCH3 is 1. The summed E-state index contributed by atoms with van der Waals surface area (Å²) in [5.74, 6) is 0.0515. The van der Waals surface area contributed by atoms with E-state index in [0.29, 0.717) is 19.3 Å². The van der Waals surface area contributed by atoms with Crippen LogP contribution in [0.25, 0.3) is 0 Å². The number of esters is 1. The molecule has 0 spiro atoms. The molecule has 2 atom stereocenters. The molecule has 0 radical (unpaired) electrons. The average Bonchev–Trinajstić information content (AvgIpc) is 2.73. The Balaban J connectivity index is 2.04. The Kier molecular flexibility index (Phi) is 4.63. The highest BCUT2D eigenvalue weighted by molar-refractivity contribution is 6.00. The minimum absolute atomic E-state index is 0.106. The van der Waals surface area contributed by atoms with Crippen molar-refractivity contribution in [2.45, 2.75) is 32.2 Å². The summed E-state index contributed by atoms with van der Waals surface area (Å²) in [7, 11) is 3.18. The van der Waals surface area contributed by atoms with Crippen LogP contribution < -0.4 is 10.6 Å². The number of carbonyl (C=O) groups excluding carboxylic acids is 2. The summed E-state index contributed by atoms with van der Waals surface area (Å²) in [5, 5.41) is 0. The van der Waals surface area contributed by atoms with Crippen LogP contribution in [0.1, 0.15) is 36.9 Å². The van der Waals surface area contributed by atoms with Crippen molar-refractivity contribution in [3.63, 3.8) is 0 Å². The molecule has 0 aliphatic carbocycles. The summed E-state index contributed by atoms with van der Waals surface area (Å²) >= 11 is 0. The van der Waals surface area contributed by atoms with Gasteiger partial charge in [-0.05, 0) is 29.5 Å². The Hall–Kier alpha value is -1.88. The van der Waals surface area contributed by atoms with Crippen LogP contribution in [0.4, 0.5) is 5.69 Å². The summed E-state index contributed by atoms with van der Waals surface area (Å²) in [6, 6.07) is 5.77. The van der Waals surface area contributed by atoms with Gasteiger partial charge in [-0.15, -0.1) is 0 Å². The van der Waals surface area contributed by atoms with Crippen LogP contribution in [0.5, 0.6) is 0 Å². The highest BCUT2D eigenvalue weighted by Crippen LogP contribution is 2.31. The molecule has 5 heteroatoms. The van der Waals surface area contributed by atoms with Crippen molar-refractivity contribution in [2.75, 3.05) is 19.1 Å². The number of likely N-dealkylation sites (N-methyl/N-ethyl adjacent to an activating group) is 1. The number of rotatable bonds is 5. The van der Waals surface area contributed by atoms with Crippen molar-refractivity contribution in [1.29, 1.82) is 0 Å². The van der Waals surface area contributed by atoms with E-state index in [9.17, 15) is 9.59 Å². The van der Waals surface area contributed by atoms with Crippen molar-refractivity contribution in [3.8, 4) is 0 Å². The van der Waals surface area contributed by atoms with E-state index in [4.69, 9.17) is 5.73 Å². The first-order valence-corrected chi connectivity index (χ1v) is 7.14. The second-order valence-electron chi connectivity index (χ2n) is 5.75. The normalized spacial score (nSPS) is 16.6. The molecule has 0 saturated heterocycles. The predicted octanol–water partition coefficient (Wildman–Crippen LogP) is 1.79. The van der Waals surface area contributed by atoms with Crippen molar-refractivity contribution >= 4 is 17.6 Å². The zero-order chi connectivity index (χ0) is 15.6. The molecule has 0 bridgehead atoms. The molecular formula is C16H22N2O3. The van der Waals surface area contributed by atoms with Crippen LogP contribution in [0.3, 0.4) is 0 Å². The molecular weight excluding hydrogens is 268 g/mol. The number of hydrogen-bond donors (Lipinski definition) is 1. The number of anilines is 1. The number of nitrogens with zero attached hydrogens (tertiary/aromatic N) is 1. The van der Waals surface area contributed by atoms with Crippen molar-refractivity contribution in [3.05, 3.63) is 29.3 Å².